The molecule has 0 amide bonds. The summed E-state index contributed by atoms with van der Waals surface area (Å²) in [5.74, 6) is -0.763. The quantitative estimate of drug-likeness (QED) is 0.299. The average Bonchev–Trinajstić information content (AvgIpc) is 2.55. The lowest BCUT2D eigenvalue weighted by atomic mass is 10.3. The lowest BCUT2D eigenvalue weighted by molar-refractivity contribution is -0.274. The number of hydrogen-bond acceptors (Lipinski definition) is 3. The second-order valence-corrected chi connectivity index (χ2v) is 5.23. The van der Waals surface area contributed by atoms with Crippen LogP contribution in [0.3, 0.4) is 0 Å². The van der Waals surface area contributed by atoms with Crippen LogP contribution in [0.15, 0.2) is 53.5 Å². The van der Waals surface area contributed by atoms with Gasteiger partial charge in [0.05, 0.1) is 5.69 Å². The van der Waals surface area contributed by atoms with E-state index in [-0.39, 0.29) is 17.5 Å². The SMILES string of the molecule is NC(=NCCCNc1cccc(F)c1)Nc1ccccc1OC(F)(F)F. The lowest BCUT2D eigenvalue weighted by Gasteiger charge is -2.14. The number of benzene rings is 2. The first-order valence-electron chi connectivity index (χ1n) is 7.74. The van der Waals surface area contributed by atoms with Gasteiger partial charge in [-0.25, -0.2) is 4.39 Å². The molecule has 2 aromatic rings. The number of guanidine groups is 1. The molecule has 0 aliphatic rings. The Hall–Kier alpha value is -2.97. The zero-order valence-corrected chi connectivity index (χ0v) is 13.7. The largest absolute Gasteiger partial charge is 0.573 e. The predicted octanol–water partition coefficient (Wildman–Crippen LogP) is 3.95. The van der Waals surface area contributed by atoms with E-state index in [1.54, 1.807) is 18.2 Å². The highest BCUT2D eigenvalue weighted by atomic mass is 19.4. The van der Waals surface area contributed by atoms with Crippen LogP contribution in [-0.4, -0.2) is 25.4 Å². The van der Waals surface area contributed by atoms with Crippen molar-refractivity contribution in [2.24, 2.45) is 10.7 Å². The molecular weight excluding hydrogens is 352 g/mol. The van der Waals surface area contributed by atoms with Crippen molar-refractivity contribution in [3.8, 4) is 5.75 Å². The molecule has 0 aliphatic carbocycles. The van der Waals surface area contributed by atoms with E-state index in [9.17, 15) is 17.6 Å². The average molecular weight is 370 g/mol. The van der Waals surface area contributed by atoms with Crippen molar-refractivity contribution in [3.63, 3.8) is 0 Å². The van der Waals surface area contributed by atoms with Gasteiger partial charge in [0, 0.05) is 18.8 Å². The van der Waals surface area contributed by atoms with E-state index in [1.807, 2.05) is 0 Å². The summed E-state index contributed by atoms with van der Waals surface area (Å²) < 4.78 is 54.1. The number of aliphatic imine (C=N–C) groups is 1. The number of nitrogens with one attached hydrogen (secondary N) is 2. The van der Waals surface area contributed by atoms with Gasteiger partial charge in [-0.1, -0.05) is 18.2 Å². The molecule has 0 saturated carbocycles. The highest BCUT2D eigenvalue weighted by Crippen LogP contribution is 2.29. The Kier molecular flexibility index (Phi) is 6.65. The Morgan fingerprint density at radius 2 is 1.88 bits per heavy atom. The van der Waals surface area contributed by atoms with E-state index in [4.69, 9.17) is 5.73 Å². The van der Waals surface area contributed by atoms with Crippen molar-refractivity contribution in [2.75, 3.05) is 23.7 Å². The summed E-state index contributed by atoms with van der Waals surface area (Å²) in [6.07, 6.45) is -4.20. The van der Waals surface area contributed by atoms with E-state index >= 15 is 0 Å². The molecule has 0 atom stereocenters. The highest BCUT2D eigenvalue weighted by molar-refractivity contribution is 5.93. The summed E-state index contributed by atoms with van der Waals surface area (Å²) >= 11 is 0. The maximum absolute atomic E-state index is 13.0. The van der Waals surface area contributed by atoms with Gasteiger partial charge in [0.25, 0.3) is 0 Å². The molecule has 0 radical (unpaired) electrons. The van der Waals surface area contributed by atoms with Crippen molar-refractivity contribution in [1.29, 1.82) is 0 Å². The van der Waals surface area contributed by atoms with E-state index in [2.05, 4.69) is 20.4 Å². The molecule has 0 aliphatic heterocycles. The normalized spacial score (nSPS) is 11.9. The highest BCUT2D eigenvalue weighted by Gasteiger charge is 2.32. The molecule has 0 unspecified atom stereocenters. The fraction of sp³-hybridized carbons (Fsp3) is 0.235. The van der Waals surface area contributed by atoms with Gasteiger partial charge in [-0.3, -0.25) is 4.99 Å². The number of hydrogen-bond donors (Lipinski definition) is 3. The maximum Gasteiger partial charge on any atom is 0.573 e. The van der Waals surface area contributed by atoms with Crippen LogP contribution in [0.2, 0.25) is 0 Å². The van der Waals surface area contributed by atoms with Gasteiger partial charge >= 0.3 is 6.36 Å². The predicted molar refractivity (Wildman–Crippen MR) is 92.7 cm³/mol. The Morgan fingerprint density at radius 3 is 2.62 bits per heavy atom. The van der Waals surface area contributed by atoms with Gasteiger partial charge in [0.1, 0.15) is 5.82 Å². The number of rotatable bonds is 7. The van der Waals surface area contributed by atoms with E-state index in [0.717, 1.165) is 0 Å². The van der Waals surface area contributed by atoms with Crippen molar-refractivity contribution in [2.45, 2.75) is 12.8 Å². The summed E-state index contributed by atoms with van der Waals surface area (Å²) in [6, 6.07) is 11.6. The van der Waals surface area contributed by atoms with E-state index < -0.39 is 12.1 Å². The molecule has 0 saturated heterocycles. The van der Waals surface area contributed by atoms with Crippen LogP contribution in [0.25, 0.3) is 0 Å². The molecule has 0 spiro atoms. The number of halogens is 4. The number of nitrogens with two attached hydrogens (primary N) is 1. The van der Waals surface area contributed by atoms with Crippen LogP contribution >= 0.6 is 0 Å². The van der Waals surface area contributed by atoms with Crippen LogP contribution in [0, 0.1) is 5.82 Å². The Bertz CT molecular complexity index is 750. The van der Waals surface area contributed by atoms with E-state index in [0.29, 0.717) is 25.2 Å². The van der Waals surface area contributed by atoms with Crippen molar-refractivity contribution in [1.82, 2.24) is 0 Å². The van der Waals surface area contributed by atoms with Crippen molar-refractivity contribution in [3.05, 3.63) is 54.3 Å². The number of nitrogens with zero attached hydrogens (tertiary/aromatic N) is 1. The van der Waals surface area contributed by atoms with Crippen LogP contribution in [0.4, 0.5) is 28.9 Å². The van der Waals surface area contributed by atoms with Crippen LogP contribution in [0.1, 0.15) is 6.42 Å². The van der Waals surface area contributed by atoms with Crippen molar-refractivity contribution < 1.29 is 22.3 Å². The number of ether oxygens (including phenoxy) is 1. The zero-order valence-electron chi connectivity index (χ0n) is 13.7. The van der Waals surface area contributed by atoms with Gasteiger partial charge in [0.15, 0.2) is 11.7 Å². The molecule has 9 heteroatoms. The first-order chi connectivity index (χ1) is 12.3. The molecule has 0 bridgehead atoms. The summed E-state index contributed by atoms with van der Waals surface area (Å²) in [4.78, 5) is 4.04. The first kappa shape index (κ1) is 19.4. The van der Waals surface area contributed by atoms with Gasteiger partial charge in [0.2, 0.25) is 0 Å². The van der Waals surface area contributed by atoms with Gasteiger partial charge in [-0.05, 0) is 36.8 Å². The van der Waals surface area contributed by atoms with Crippen molar-refractivity contribution >= 4 is 17.3 Å². The third-order valence-electron chi connectivity index (χ3n) is 3.15. The molecule has 5 nitrogen and oxygen atoms in total. The van der Waals surface area contributed by atoms with Crippen LogP contribution in [0.5, 0.6) is 5.75 Å². The van der Waals surface area contributed by atoms with Gasteiger partial charge < -0.3 is 21.1 Å². The van der Waals surface area contributed by atoms with Crippen LogP contribution < -0.4 is 21.1 Å². The molecule has 4 N–H and O–H groups in total. The Morgan fingerprint density at radius 1 is 1.12 bits per heavy atom. The second-order valence-electron chi connectivity index (χ2n) is 5.23. The third kappa shape index (κ3) is 6.88. The maximum atomic E-state index is 13.0. The fourth-order valence-corrected chi connectivity index (χ4v) is 2.07. The van der Waals surface area contributed by atoms with Gasteiger partial charge in [-0.15, -0.1) is 13.2 Å². The standard InChI is InChI=1S/C17H18F4N4O/c18-12-5-3-6-13(11-12)23-9-4-10-24-16(22)25-14-7-1-2-8-15(14)26-17(19,20)21/h1-3,5-8,11,23H,4,9-10H2,(H3,22,24,25). The topological polar surface area (TPSA) is 71.7 Å². The molecule has 0 fully saturated rings. The minimum absolute atomic E-state index is 0.0334. The zero-order chi connectivity index (χ0) is 19.0. The third-order valence-corrected chi connectivity index (χ3v) is 3.15. The molecular formula is C17H18F4N4O. The Balaban J connectivity index is 1.81. The van der Waals surface area contributed by atoms with Crippen LogP contribution in [-0.2, 0) is 0 Å². The van der Waals surface area contributed by atoms with Gasteiger partial charge in [-0.2, -0.15) is 0 Å². The number of alkyl halides is 3. The second kappa shape index (κ2) is 8.93. The molecule has 2 aromatic carbocycles. The monoisotopic (exact) mass is 370 g/mol. The fourth-order valence-electron chi connectivity index (χ4n) is 2.07. The minimum Gasteiger partial charge on any atom is -0.404 e. The molecule has 2 rings (SSSR count). The first-order valence-corrected chi connectivity index (χ1v) is 7.74. The lowest BCUT2D eigenvalue weighted by Crippen LogP contribution is -2.25. The molecule has 0 aromatic heterocycles. The number of para-hydroxylation sites is 2. The summed E-state index contributed by atoms with van der Waals surface area (Å²) in [5, 5.41) is 5.61. The van der Waals surface area contributed by atoms with E-state index in [1.165, 1.54) is 30.3 Å². The summed E-state index contributed by atoms with van der Waals surface area (Å²) in [6.45, 7) is 0.872. The molecule has 140 valence electrons. The number of anilines is 2. The summed E-state index contributed by atoms with van der Waals surface area (Å²) in [5.41, 5.74) is 6.39. The molecule has 0 heterocycles. The Labute approximate surface area is 147 Å². The minimum atomic E-state index is -4.80. The smallest absolute Gasteiger partial charge is 0.404 e. The molecule has 26 heavy (non-hydrogen) atoms. The summed E-state index contributed by atoms with van der Waals surface area (Å²) in [7, 11) is 0.